The van der Waals surface area contributed by atoms with Crippen molar-refractivity contribution in [3.63, 3.8) is 0 Å². The smallest absolute Gasteiger partial charge is 0.411 e. The van der Waals surface area contributed by atoms with E-state index in [2.05, 4.69) is 59.2 Å². The maximum atomic E-state index is 11.7. The normalized spacial score (nSPS) is 12.7. The molecule has 35 heavy (non-hydrogen) atoms. The molecule has 0 unspecified atom stereocenters. The van der Waals surface area contributed by atoms with Gasteiger partial charge in [-0.3, -0.25) is 10.6 Å². The molecule has 2 N–H and O–H groups in total. The van der Waals surface area contributed by atoms with E-state index in [0.717, 1.165) is 11.1 Å². The molecule has 0 atom stereocenters. The Labute approximate surface area is 203 Å². The van der Waals surface area contributed by atoms with Crippen LogP contribution in [0.3, 0.4) is 0 Å². The van der Waals surface area contributed by atoms with Crippen LogP contribution < -0.4 is 10.6 Å². The molecule has 0 aliphatic heterocycles. The van der Waals surface area contributed by atoms with Gasteiger partial charge in [0.25, 0.3) is 0 Å². The number of methoxy groups -OCH3 is 2. The second kappa shape index (κ2) is 8.99. The van der Waals surface area contributed by atoms with E-state index in [1.807, 2.05) is 48.5 Å². The molecule has 0 spiro atoms. The summed E-state index contributed by atoms with van der Waals surface area (Å²) in [6.07, 6.45) is -1.03. The number of fused-ring (bicyclic) bond motifs is 3. The van der Waals surface area contributed by atoms with Crippen molar-refractivity contribution in [2.75, 3.05) is 24.9 Å². The Morgan fingerprint density at radius 1 is 0.571 bits per heavy atom. The van der Waals surface area contributed by atoms with Crippen LogP contribution in [0.5, 0.6) is 0 Å². The van der Waals surface area contributed by atoms with Gasteiger partial charge in [0.2, 0.25) is 0 Å². The Bertz CT molecular complexity index is 1290. The van der Waals surface area contributed by atoms with Crippen molar-refractivity contribution in [2.45, 2.75) is 5.41 Å². The van der Waals surface area contributed by atoms with Gasteiger partial charge in [-0.15, -0.1) is 0 Å². The van der Waals surface area contributed by atoms with Gasteiger partial charge in [0.15, 0.2) is 0 Å². The highest BCUT2D eigenvalue weighted by molar-refractivity contribution is 5.88. The zero-order valence-corrected chi connectivity index (χ0v) is 19.4. The molecule has 0 saturated carbocycles. The standard InChI is InChI=1S/C29H24N2O4/c1-34-27(32)30-21-15-11-19(12-16-21)29(20-13-17-22(18-14-20)31-28(33)35-2)25-9-5-3-7-23(25)24-8-4-6-10-26(24)29/h3-18H,1-2H3,(H,30,32)(H,31,33). The zero-order chi connectivity index (χ0) is 24.4. The Morgan fingerprint density at radius 3 is 1.31 bits per heavy atom. The highest BCUT2D eigenvalue weighted by Gasteiger charge is 2.45. The summed E-state index contributed by atoms with van der Waals surface area (Å²) in [6.45, 7) is 0. The zero-order valence-electron chi connectivity index (χ0n) is 19.4. The number of hydrogen-bond donors (Lipinski definition) is 2. The minimum atomic E-state index is -0.583. The Hall–Kier alpha value is -4.58. The van der Waals surface area contributed by atoms with Gasteiger partial charge in [0.1, 0.15) is 0 Å². The molecule has 174 valence electrons. The Balaban J connectivity index is 1.71. The van der Waals surface area contributed by atoms with Gasteiger partial charge in [0.05, 0.1) is 19.6 Å². The molecule has 6 heteroatoms. The van der Waals surface area contributed by atoms with Crippen LogP contribution in [0.25, 0.3) is 11.1 Å². The van der Waals surface area contributed by atoms with Crippen molar-refractivity contribution in [1.82, 2.24) is 0 Å². The molecule has 0 radical (unpaired) electrons. The van der Waals surface area contributed by atoms with Gasteiger partial charge in [0, 0.05) is 11.4 Å². The molecule has 1 aliphatic rings. The second-order valence-corrected chi connectivity index (χ2v) is 8.23. The van der Waals surface area contributed by atoms with Gasteiger partial charge in [-0.05, 0) is 57.6 Å². The van der Waals surface area contributed by atoms with Crippen molar-refractivity contribution >= 4 is 23.6 Å². The van der Waals surface area contributed by atoms with Gasteiger partial charge in [-0.2, -0.15) is 0 Å². The molecule has 2 amide bonds. The first-order valence-corrected chi connectivity index (χ1v) is 11.2. The largest absolute Gasteiger partial charge is 0.453 e. The van der Waals surface area contributed by atoms with Crippen LogP contribution in [0, 0.1) is 0 Å². The third-order valence-corrected chi connectivity index (χ3v) is 6.45. The third kappa shape index (κ3) is 3.69. The molecule has 1 aliphatic carbocycles. The number of benzene rings is 4. The van der Waals surface area contributed by atoms with Gasteiger partial charge in [-0.25, -0.2) is 9.59 Å². The summed E-state index contributed by atoms with van der Waals surface area (Å²) in [7, 11) is 2.67. The highest BCUT2D eigenvalue weighted by atomic mass is 16.5. The van der Waals surface area contributed by atoms with E-state index in [0.29, 0.717) is 11.4 Å². The number of nitrogens with one attached hydrogen (secondary N) is 2. The van der Waals surface area contributed by atoms with Gasteiger partial charge in [-0.1, -0.05) is 72.8 Å². The van der Waals surface area contributed by atoms with E-state index in [1.165, 1.54) is 36.5 Å². The number of carbonyl (C=O) groups excluding carboxylic acids is 2. The number of hydrogen-bond acceptors (Lipinski definition) is 4. The maximum Gasteiger partial charge on any atom is 0.411 e. The van der Waals surface area contributed by atoms with Crippen LogP contribution in [-0.2, 0) is 14.9 Å². The molecule has 4 aromatic rings. The van der Waals surface area contributed by atoms with Crippen LogP contribution >= 0.6 is 0 Å². The Kier molecular flexibility index (Phi) is 5.71. The van der Waals surface area contributed by atoms with Crippen LogP contribution in [0.15, 0.2) is 97.1 Å². The molecule has 5 rings (SSSR count). The number of amides is 2. The van der Waals surface area contributed by atoms with Crippen LogP contribution in [0.4, 0.5) is 21.0 Å². The lowest BCUT2D eigenvalue weighted by atomic mass is 9.67. The summed E-state index contributed by atoms with van der Waals surface area (Å²) in [5.74, 6) is 0. The molecule has 0 saturated heterocycles. The van der Waals surface area contributed by atoms with E-state index >= 15 is 0 Å². The van der Waals surface area contributed by atoms with Crippen molar-refractivity contribution in [3.8, 4) is 11.1 Å². The quantitative estimate of drug-likeness (QED) is 0.322. The number of carbonyl (C=O) groups is 2. The molecule has 0 fully saturated rings. The molecular formula is C29H24N2O4. The van der Waals surface area contributed by atoms with Crippen LogP contribution in [-0.4, -0.2) is 26.4 Å². The second-order valence-electron chi connectivity index (χ2n) is 8.23. The van der Waals surface area contributed by atoms with E-state index in [1.54, 1.807) is 0 Å². The van der Waals surface area contributed by atoms with Crippen LogP contribution in [0.1, 0.15) is 22.3 Å². The summed E-state index contributed by atoms with van der Waals surface area (Å²) >= 11 is 0. The fraction of sp³-hybridized carbons (Fsp3) is 0.103. The fourth-order valence-corrected chi connectivity index (χ4v) is 4.97. The predicted molar refractivity (Wildman–Crippen MR) is 136 cm³/mol. The van der Waals surface area contributed by atoms with E-state index in [9.17, 15) is 9.59 Å². The summed E-state index contributed by atoms with van der Waals surface area (Å²) in [5, 5.41) is 5.44. The minimum absolute atomic E-state index is 0.516. The monoisotopic (exact) mass is 464 g/mol. The van der Waals surface area contributed by atoms with Gasteiger partial charge < -0.3 is 9.47 Å². The summed E-state index contributed by atoms with van der Waals surface area (Å²) < 4.78 is 9.45. The van der Waals surface area contributed by atoms with Crippen molar-refractivity contribution in [1.29, 1.82) is 0 Å². The minimum Gasteiger partial charge on any atom is -0.453 e. The SMILES string of the molecule is COC(=O)Nc1ccc(C2(c3ccc(NC(=O)OC)cc3)c3ccccc3-c3ccccc32)cc1. The number of ether oxygens (including phenoxy) is 2. The fourth-order valence-electron chi connectivity index (χ4n) is 4.97. The first kappa shape index (κ1) is 22.2. The predicted octanol–water partition coefficient (Wildman–Crippen LogP) is 6.41. The third-order valence-electron chi connectivity index (χ3n) is 6.45. The maximum absolute atomic E-state index is 11.7. The molecule has 4 aromatic carbocycles. The first-order valence-electron chi connectivity index (χ1n) is 11.2. The lowest BCUT2D eigenvalue weighted by molar-refractivity contribution is 0.186. The molecule has 6 nitrogen and oxygen atoms in total. The molecule has 0 bridgehead atoms. The van der Waals surface area contributed by atoms with Crippen molar-refractivity contribution < 1.29 is 19.1 Å². The van der Waals surface area contributed by atoms with E-state index in [-0.39, 0.29) is 0 Å². The van der Waals surface area contributed by atoms with E-state index < -0.39 is 17.6 Å². The van der Waals surface area contributed by atoms with E-state index in [4.69, 9.17) is 9.47 Å². The summed E-state index contributed by atoms with van der Waals surface area (Å²) in [5.41, 5.74) is 7.51. The molecular weight excluding hydrogens is 440 g/mol. The number of rotatable bonds is 4. The average Bonchev–Trinajstić information content (AvgIpc) is 3.21. The van der Waals surface area contributed by atoms with Gasteiger partial charge >= 0.3 is 12.2 Å². The average molecular weight is 465 g/mol. The Morgan fingerprint density at radius 2 is 0.943 bits per heavy atom. The molecule has 0 heterocycles. The summed E-state index contributed by atoms with van der Waals surface area (Å²) in [6, 6.07) is 32.5. The van der Waals surface area contributed by atoms with Crippen molar-refractivity contribution in [3.05, 3.63) is 119 Å². The first-order chi connectivity index (χ1) is 17.1. The lowest BCUT2D eigenvalue weighted by Gasteiger charge is -2.34. The molecule has 0 aromatic heterocycles. The summed E-state index contributed by atoms with van der Waals surface area (Å²) in [4.78, 5) is 23.4. The number of anilines is 2. The highest BCUT2D eigenvalue weighted by Crippen LogP contribution is 2.56. The van der Waals surface area contributed by atoms with Crippen LogP contribution in [0.2, 0.25) is 0 Å². The topological polar surface area (TPSA) is 76.7 Å². The van der Waals surface area contributed by atoms with Crippen molar-refractivity contribution in [2.24, 2.45) is 0 Å². The lowest BCUT2D eigenvalue weighted by Crippen LogP contribution is -2.28.